The highest BCUT2D eigenvalue weighted by Gasteiger charge is 2.06. The molecule has 0 aliphatic heterocycles. The minimum absolute atomic E-state index is 0.201. The van der Waals surface area contributed by atoms with Crippen molar-refractivity contribution >= 4 is 33.2 Å². The summed E-state index contributed by atoms with van der Waals surface area (Å²) >= 11 is 9.56. The maximum Gasteiger partial charge on any atom is 0.128 e. The largest absolute Gasteiger partial charge is 0.380 e. The van der Waals surface area contributed by atoms with E-state index in [0.717, 1.165) is 21.3 Å². The molecule has 0 atom stereocenters. The van der Waals surface area contributed by atoms with Gasteiger partial charge in [0.25, 0.3) is 0 Å². The molecule has 4 heteroatoms. The Labute approximate surface area is 125 Å². The van der Waals surface area contributed by atoms with E-state index in [0.29, 0.717) is 17.1 Å². The molecule has 0 aromatic heterocycles. The molecule has 0 saturated carbocycles. The van der Waals surface area contributed by atoms with Crippen molar-refractivity contribution in [3.8, 4) is 0 Å². The Kier molecular flexibility index (Phi) is 4.48. The number of nitrogens with one attached hydrogen (secondary N) is 1. The van der Waals surface area contributed by atoms with Gasteiger partial charge in [0, 0.05) is 21.6 Å². The first kappa shape index (κ1) is 14.4. The Morgan fingerprint density at radius 1 is 1.21 bits per heavy atom. The summed E-state index contributed by atoms with van der Waals surface area (Å²) in [4.78, 5) is 0. The molecule has 19 heavy (non-hydrogen) atoms. The van der Waals surface area contributed by atoms with Crippen LogP contribution in [0.4, 0.5) is 10.1 Å². The van der Waals surface area contributed by atoms with E-state index in [2.05, 4.69) is 21.2 Å². The Bertz CT molecular complexity index is 613. The van der Waals surface area contributed by atoms with Gasteiger partial charge in [-0.1, -0.05) is 29.3 Å². The third-order valence-corrected chi connectivity index (χ3v) is 3.98. The fraction of sp³-hybridized carbons (Fsp3) is 0.200. The summed E-state index contributed by atoms with van der Waals surface area (Å²) < 4.78 is 14.6. The van der Waals surface area contributed by atoms with E-state index < -0.39 is 0 Å². The third-order valence-electron chi connectivity index (χ3n) is 2.92. The maximum atomic E-state index is 13.6. The van der Waals surface area contributed by atoms with Gasteiger partial charge in [-0.25, -0.2) is 4.39 Å². The molecule has 1 nitrogen and oxygen atoms in total. The summed E-state index contributed by atoms with van der Waals surface area (Å²) in [6.45, 7) is 4.31. The van der Waals surface area contributed by atoms with Crippen LogP contribution in [0.2, 0.25) is 5.02 Å². The molecule has 0 amide bonds. The number of halogens is 3. The molecule has 2 aromatic carbocycles. The Morgan fingerprint density at radius 3 is 2.68 bits per heavy atom. The van der Waals surface area contributed by atoms with E-state index in [9.17, 15) is 4.39 Å². The molecule has 0 aliphatic rings. The van der Waals surface area contributed by atoms with E-state index in [1.165, 1.54) is 6.07 Å². The van der Waals surface area contributed by atoms with E-state index >= 15 is 0 Å². The van der Waals surface area contributed by atoms with Crippen molar-refractivity contribution in [2.75, 3.05) is 5.32 Å². The first-order valence-corrected chi connectivity index (χ1v) is 7.09. The first-order valence-electron chi connectivity index (χ1n) is 5.92. The summed E-state index contributed by atoms with van der Waals surface area (Å²) in [5.41, 5.74) is 3.54. The van der Waals surface area contributed by atoms with Crippen molar-refractivity contribution < 1.29 is 4.39 Å². The molecule has 2 aromatic rings. The zero-order chi connectivity index (χ0) is 14.0. The third kappa shape index (κ3) is 3.48. The van der Waals surface area contributed by atoms with Crippen molar-refractivity contribution in [1.29, 1.82) is 0 Å². The molecule has 0 radical (unpaired) electrons. The van der Waals surface area contributed by atoms with Crippen LogP contribution in [-0.2, 0) is 6.54 Å². The molecule has 0 aliphatic carbocycles. The van der Waals surface area contributed by atoms with Crippen molar-refractivity contribution in [2.45, 2.75) is 20.4 Å². The van der Waals surface area contributed by atoms with Crippen LogP contribution in [-0.4, -0.2) is 0 Å². The van der Waals surface area contributed by atoms with Gasteiger partial charge in [0.05, 0.1) is 5.69 Å². The van der Waals surface area contributed by atoms with Gasteiger partial charge in [-0.2, -0.15) is 0 Å². The Morgan fingerprint density at radius 2 is 1.95 bits per heavy atom. The lowest BCUT2D eigenvalue weighted by Gasteiger charge is -2.11. The van der Waals surface area contributed by atoms with E-state index in [4.69, 9.17) is 11.6 Å². The number of rotatable bonds is 3. The molecule has 0 heterocycles. The molecule has 0 spiro atoms. The molecular formula is C15H14BrClFN. The monoisotopic (exact) mass is 341 g/mol. The summed E-state index contributed by atoms with van der Waals surface area (Å²) in [5.74, 6) is -0.201. The molecule has 0 bridgehead atoms. The average Bonchev–Trinajstić information content (AvgIpc) is 2.36. The minimum atomic E-state index is -0.201. The fourth-order valence-corrected chi connectivity index (χ4v) is 2.57. The molecular weight excluding hydrogens is 329 g/mol. The van der Waals surface area contributed by atoms with Crippen LogP contribution >= 0.6 is 27.5 Å². The highest BCUT2D eigenvalue weighted by Crippen LogP contribution is 2.29. The van der Waals surface area contributed by atoms with Crippen molar-refractivity contribution in [3.63, 3.8) is 0 Å². The highest BCUT2D eigenvalue weighted by molar-refractivity contribution is 9.10. The zero-order valence-corrected chi connectivity index (χ0v) is 13.1. The molecule has 0 saturated heterocycles. The van der Waals surface area contributed by atoms with Crippen molar-refractivity contribution in [3.05, 3.63) is 62.3 Å². The van der Waals surface area contributed by atoms with Crippen LogP contribution in [0.15, 0.2) is 34.8 Å². The van der Waals surface area contributed by atoms with Gasteiger partial charge in [-0.15, -0.1) is 0 Å². The Hall–Kier alpha value is -1.06. The van der Waals surface area contributed by atoms with Gasteiger partial charge in [-0.3, -0.25) is 0 Å². The minimum Gasteiger partial charge on any atom is -0.380 e. The molecule has 1 N–H and O–H groups in total. The molecule has 100 valence electrons. The van der Waals surface area contributed by atoms with Gasteiger partial charge in [-0.05, 0) is 53.5 Å². The fourth-order valence-electron chi connectivity index (χ4n) is 1.81. The number of aryl methyl sites for hydroxylation is 2. The van der Waals surface area contributed by atoms with Crippen molar-refractivity contribution in [1.82, 2.24) is 0 Å². The van der Waals surface area contributed by atoms with Crippen LogP contribution in [0.3, 0.4) is 0 Å². The predicted octanol–water partition coefficient (Wildman–Crippen LogP) is 5.47. The van der Waals surface area contributed by atoms with Crippen molar-refractivity contribution in [2.24, 2.45) is 0 Å². The second-order valence-corrected chi connectivity index (χ2v) is 5.79. The van der Waals surface area contributed by atoms with Crippen LogP contribution in [0, 0.1) is 19.7 Å². The zero-order valence-electron chi connectivity index (χ0n) is 10.7. The smallest absolute Gasteiger partial charge is 0.128 e. The van der Waals surface area contributed by atoms with Crippen LogP contribution in [0.1, 0.15) is 16.7 Å². The van der Waals surface area contributed by atoms with E-state index in [1.54, 1.807) is 6.07 Å². The molecule has 0 fully saturated rings. The second kappa shape index (κ2) is 5.93. The molecule has 2 rings (SSSR count). The van der Waals surface area contributed by atoms with Gasteiger partial charge in [0.15, 0.2) is 0 Å². The van der Waals surface area contributed by atoms with Gasteiger partial charge in [0.2, 0.25) is 0 Å². The van der Waals surface area contributed by atoms with Gasteiger partial charge >= 0.3 is 0 Å². The number of hydrogen-bond donors (Lipinski definition) is 1. The number of benzene rings is 2. The summed E-state index contributed by atoms with van der Waals surface area (Å²) in [7, 11) is 0. The van der Waals surface area contributed by atoms with Crippen LogP contribution < -0.4 is 5.32 Å². The predicted molar refractivity (Wildman–Crippen MR) is 82.4 cm³/mol. The quantitative estimate of drug-likeness (QED) is 0.780. The van der Waals surface area contributed by atoms with E-state index in [-0.39, 0.29) is 5.82 Å². The second-order valence-electron chi connectivity index (χ2n) is 4.53. The SMILES string of the molecule is Cc1ccc(F)c(CNc2cc(Cl)c(C)cc2Br)c1. The van der Waals surface area contributed by atoms with Crippen LogP contribution in [0.25, 0.3) is 0 Å². The summed E-state index contributed by atoms with van der Waals surface area (Å²) in [6.07, 6.45) is 0. The van der Waals surface area contributed by atoms with Crippen LogP contribution in [0.5, 0.6) is 0 Å². The van der Waals surface area contributed by atoms with Gasteiger partial charge in [0.1, 0.15) is 5.82 Å². The number of anilines is 1. The topological polar surface area (TPSA) is 12.0 Å². The number of hydrogen-bond acceptors (Lipinski definition) is 1. The first-order chi connectivity index (χ1) is 8.97. The summed E-state index contributed by atoms with van der Waals surface area (Å²) in [5, 5.41) is 3.88. The molecule has 0 unspecified atom stereocenters. The summed E-state index contributed by atoms with van der Waals surface area (Å²) in [6, 6.07) is 8.87. The lowest BCUT2D eigenvalue weighted by molar-refractivity contribution is 0.612. The highest BCUT2D eigenvalue weighted by atomic mass is 79.9. The lowest BCUT2D eigenvalue weighted by Crippen LogP contribution is -2.03. The Balaban J connectivity index is 2.19. The normalized spacial score (nSPS) is 10.6. The average molecular weight is 343 g/mol. The van der Waals surface area contributed by atoms with Gasteiger partial charge < -0.3 is 5.32 Å². The lowest BCUT2D eigenvalue weighted by atomic mass is 10.1. The standard InChI is InChI=1S/C15H14BrClFN/c1-9-3-4-14(18)11(5-9)8-19-15-7-13(17)10(2)6-12(15)16/h3-7,19H,8H2,1-2H3. The van der Waals surface area contributed by atoms with E-state index in [1.807, 2.05) is 32.0 Å². The maximum absolute atomic E-state index is 13.6.